The molecular formula is C23H41N3O6Si. The molecule has 33 heavy (non-hydrogen) atoms. The van der Waals surface area contributed by atoms with Crippen molar-refractivity contribution in [3.05, 3.63) is 12.7 Å². The van der Waals surface area contributed by atoms with Gasteiger partial charge in [0.1, 0.15) is 18.8 Å². The summed E-state index contributed by atoms with van der Waals surface area (Å²) >= 11 is 0. The molecule has 188 valence electrons. The van der Waals surface area contributed by atoms with Gasteiger partial charge in [-0.3, -0.25) is 9.69 Å². The third kappa shape index (κ3) is 6.96. The van der Waals surface area contributed by atoms with Crippen LogP contribution >= 0.6 is 0 Å². The van der Waals surface area contributed by atoms with Crippen molar-refractivity contribution in [2.75, 3.05) is 26.2 Å². The van der Waals surface area contributed by atoms with Crippen molar-refractivity contribution in [3.63, 3.8) is 0 Å². The van der Waals surface area contributed by atoms with Gasteiger partial charge in [0, 0.05) is 13.1 Å². The van der Waals surface area contributed by atoms with Crippen molar-refractivity contribution in [3.8, 4) is 0 Å². The summed E-state index contributed by atoms with van der Waals surface area (Å²) in [4.78, 5) is 41.0. The van der Waals surface area contributed by atoms with Gasteiger partial charge in [0.15, 0.2) is 8.32 Å². The van der Waals surface area contributed by atoms with E-state index in [0.29, 0.717) is 13.0 Å². The fourth-order valence-corrected chi connectivity index (χ4v) is 5.17. The number of carbonyl (C=O) groups is 3. The molecule has 3 amide bonds. The van der Waals surface area contributed by atoms with E-state index in [1.165, 1.54) is 11.0 Å². The predicted octanol–water partition coefficient (Wildman–Crippen LogP) is 3.51. The number of hydrogen-bond donors (Lipinski definition) is 1. The Bertz CT molecular complexity index is 758. The first kappa shape index (κ1) is 27.2. The highest BCUT2D eigenvalue weighted by Gasteiger charge is 2.49. The third-order valence-electron chi connectivity index (χ3n) is 6.43. The second-order valence-electron chi connectivity index (χ2n) is 11.3. The molecule has 10 heteroatoms. The van der Waals surface area contributed by atoms with Gasteiger partial charge in [-0.05, 0) is 45.3 Å². The minimum atomic E-state index is -2.09. The van der Waals surface area contributed by atoms with E-state index in [9.17, 15) is 14.4 Å². The smallest absolute Gasteiger partial charge is 0.410 e. The summed E-state index contributed by atoms with van der Waals surface area (Å²) in [5.41, 5.74) is -0.663. The van der Waals surface area contributed by atoms with Crippen LogP contribution in [-0.2, 0) is 18.7 Å². The lowest BCUT2D eigenvalue weighted by atomic mass is 10.0. The van der Waals surface area contributed by atoms with Crippen LogP contribution in [0.1, 0.15) is 48.0 Å². The van der Waals surface area contributed by atoms with Gasteiger partial charge in [-0.25, -0.2) is 9.59 Å². The first-order chi connectivity index (χ1) is 15.1. The summed E-state index contributed by atoms with van der Waals surface area (Å²) in [5, 5.41) is 2.84. The molecule has 0 aliphatic carbocycles. The van der Waals surface area contributed by atoms with Gasteiger partial charge in [0.25, 0.3) is 0 Å². The number of amides is 3. The number of nitrogens with one attached hydrogen (secondary N) is 1. The lowest BCUT2D eigenvalue weighted by Gasteiger charge is -2.41. The van der Waals surface area contributed by atoms with Crippen LogP contribution in [-0.4, -0.2) is 86.2 Å². The lowest BCUT2D eigenvalue weighted by Crippen LogP contribution is -2.63. The van der Waals surface area contributed by atoms with Gasteiger partial charge in [-0.2, -0.15) is 0 Å². The number of piperazine rings is 1. The number of hydrogen-bond acceptors (Lipinski definition) is 6. The molecule has 0 aromatic carbocycles. The van der Waals surface area contributed by atoms with E-state index < -0.39 is 32.1 Å². The van der Waals surface area contributed by atoms with Crippen LogP contribution in [0, 0.1) is 0 Å². The molecule has 2 aliphatic rings. The van der Waals surface area contributed by atoms with Crippen molar-refractivity contribution in [2.24, 2.45) is 0 Å². The molecule has 0 saturated carbocycles. The first-order valence-electron chi connectivity index (χ1n) is 11.5. The van der Waals surface area contributed by atoms with Gasteiger partial charge in [-0.15, -0.1) is 0 Å². The number of carbonyl (C=O) groups excluding carboxylic acids is 3. The molecule has 2 rings (SSSR count). The summed E-state index contributed by atoms with van der Waals surface area (Å²) < 4.78 is 17.5. The second kappa shape index (κ2) is 10.0. The molecule has 0 spiro atoms. The van der Waals surface area contributed by atoms with E-state index in [1.54, 1.807) is 4.90 Å². The van der Waals surface area contributed by atoms with Gasteiger partial charge >= 0.3 is 12.2 Å². The van der Waals surface area contributed by atoms with E-state index in [4.69, 9.17) is 13.9 Å². The van der Waals surface area contributed by atoms with Crippen LogP contribution in [0.3, 0.4) is 0 Å². The molecule has 2 aliphatic heterocycles. The fraction of sp³-hybridized carbons (Fsp3) is 0.783. The van der Waals surface area contributed by atoms with Crippen LogP contribution in [0.5, 0.6) is 0 Å². The number of rotatable bonds is 5. The Kier molecular flexibility index (Phi) is 8.27. The highest BCUT2D eigenvalue weighted by atomic mass is 28.4. The fourth-order valence-electron chi connectivity index (χ4n) is 3.81. The van der Waals surface area contributed by atoms with E-state index >= 15 is 0 Å². The molecule has 2 saturated heterocycles. The van der Waals surface area contributed by atoms with Crippen molar-refractivity contribution in [1.29, 1.82) is 0 Å². The van der Waals surface area contributed by atoms with Gasteiger partial charge in [-0.1, -0.05) is 33.4 Å². The van der Waals surface area contributed by atoms with Crippen LogP contribution in [0.25, 0.3) is 0 Å². The van der Waals surface area contributed by atoms with Crippen molar-refractivity contribution >= 4 is 26.4 Å². The molecule has 0 bridgehead atoms. The average molecular weight is 484 g/mol. The molecule has 0 aromatic heterocycles. The zero-order valence-corrected chi connectivity index (χ0v) is 22.4. The topological polar surface area (TPSA) is 97.4 Å². The molecule has 0 radical (unpaired) electrons. The number of ether oxygens (including phenoxy) is 2. The Morgan fingerprint density at radius 2 is 1.76 bits per heavy atom. The molecule has 1 N–H and O–H groups in total. The average Bonchev–Trinajstić information content (AvgIpc) is 3.06. The highest BCUT2D eigenvalue weighted by Crippen LogP contribution is 2.39. The Morgan fingerprint density at radius 3 is 2.30 bits per heavy atom. The SMILES string of the molecule is C=CCOC(=O)N1CC(=O)NCC1[C@@H]1C[C@@H](O[Si](C)(C)C(C)(C)C)CN1C(=O)OC(C)(C)C. The third-order valence-corrected chi connectivity index (χ3v) is 11.0. The number of nitrogens with zero attached hydrogens (tertiary/aromatic N) is 2. The second-order valence-corrected chi connectivity index (χ2v) is 16.1. The maximum absolute atomic E-state index is 13.2. The molecule has 9 nitrogen and oxygen atoms in total. The van der Waals surface area contributed by atoms with E-state index in [2.05, 4.69) is 45.8 Å². The van der Waals surface area contributed by atoms with Crippen molar-refractivity contribution in [2.45, 2.75) is 89.9 Å². The van der Waals surface area contributed by atoms with Crippen molar-refractivity contribution in [1.82, 2.24) is 15.1 Å². The highest BCUT2D eigenvalue weighted by molar-refractivity contribution is 6.74. The lowest BCUT2D eigenvalue weighted by molar-refractivity contribution is -0.125. The maximum Gasteiger partial charge on any atom is 0.410 e. The van der Waals surface area contributed by atoms with Gasteiger partial charge in [0.05, 0.1) is 18.2 Å². The molecule has 0 aromatic rings. The monoisotopic (exact) mass is 483 g/mol. The van der Waals surface area contributed by atoms with Gasteiger partial charge in [0.2, 0.25) is 5.91 Å². The normalized spacial score (nSPS) is 24.4. The molecule has 3 atom stereocenters. The van der Waals surface area contributed by atoms with Crippen LogP contribution in [0.2, 0.25) is 18.1 Å². The molecular weight excluding hydrogens is 442 g/mol. The summed E-state index contributed by atoms with van der Waals surface area (Å²) in [6.45, 7) is 20.4. The Hall–Kier alpha value is -2.07. The molecule has 2 heterocycles. The van der Waals surface area contributed by atoms with E-state index in [-0.39, 0.29) is 42.8 Å². The summed E-state index contributed by atoms with van der Waals surface area (Å²) in [6.07, 6.45) is 0.769. The molecule has 1 unspecified atom stereocenters. The van der Waals surface area contributed by atoms with Gasteiger partial charge < -0.3 is 24.1 Å². The van der Waals surface area contributed by atoms with E-state index in [0.717, 1.165) is 0 Å². The summed E-state index contributed by atoms with van der Waals surface area (Å²) in [7, 11) is -2.09. The van der Waals surface area contributed by atoms with Crippen molar-refractivity contribution < 1.29 is 28.3 Å². The summed E-state index contributed by atoms with van der Waals surface area (Å²) in [5.74, 6) is -0.266. The van der Waals surface area contributed by atoms with Crippen LogP contribution in [0.15, 0.2) is 12.7 Å². The minimum absolute atomic E-state index is 0.0151. The Morgan fingerprint density at radius 1 is 1.12 bits per heavy atom. The summed E-state index contributed by atoms with van der Waals surface area (Å²) in [6, 6.07) is -0.841. The largest absolute Gasteiger partial charge is 0.445 e. The Balaban J connectivity index is 2.33. The zero-order chi connectivity index (χ0) is 25.2. The number of likely N-dealkylation sites (tertiary alicyclic amines) is 1. The first-order valence-corrected chi connectivity index (χ1v) is 14.4. The van der Waals surface area contributed by atoms with Crippen LogP contribution < -0.4 is 5.32 Å². The zero-order valence-electron chi connectivity index (χ0n) is 21.4. The quantitative estimate of drug-likeness (QED) is 0.475. The standard InChI is InChI=1S/C23H41N3O6Si/c1-10-11-30-20(28)26-15-19(27)24-13-18(26)17-12-16(32-33(8,9)23(5,6)7)14-25(17)21(29)31-22(2,3)4/h10,16-18H,1,11-15H2,2-9H3,(H,24,27)/t16-,17+,18?/m1/s1. The van der Waals surface area contributed by atoms with E-state index in [1.807, 2.05) is 20.8 Å². The van der Waals surface area contributed by atoms with Crippen LogP contribution in [0.4, 0.5) is 9.59 Å². The maximum atomic E-state index is 13.2. The predicted molar refractivity (Wildman–Crippen MR) is 128 cm³/mol. The molecule has 2 fully saturated rings. The minimum Gasteiger partial charge on any atom is -0.445 e. The Labute approximate surface area is 198 Å².